The fraction of sp³-hybridized carbons (Fsp3) is 0.562. The summed E-state index contributed by atoms with van der Waals surface area (Å²) in [7, 11) is 0. The molecule has 0 nitrogen and oxygen atoms in total. The second-order valence-corrected chi connectivity index (χ2v) is 9.70. The van der Waals surface area contributed by atoms with Crippen LogP contribution in [0.3, 0.4) is 0 Å². The Kier molecular flexibility index (Phi) is 29.3. The molecule has 0 aliphatic carbocycles. The molecule has 0 saturated carbocycles. The predicted molar refractivity (Wildman–Crippen MR) is 179 cm³/mol. The molecule has 0 aromatic heterocycles. The van der Waals surface area contributed by atoms with E-state index in [2.05, 4.69) is 48.5 Å². The number of hydrogen-bond acceptors (Lipinski definition) is 0. The zero-order valence-corrected chi connectivity index (χ0v) is 25.5. The average Bonchev–Trinajstić information content (AvgIpc) is 3.38. The Balaban J connectivity index is -0.000000400. The Morgan fingerprint density at radius 3 is 1.25 bits per heavy atom. The van der Waals surface area contributed by atoms with Gasteiger partial charge in [-0.25, -0.2) is 0 Å². The van der Waals surface area contributed by atoms with Gasteiger partial charge in [0.15, 0.2) is 0 Å². The molecule has 0 N–H and O–H groups in total. The summed E-state index contributed by atoms with van der Waals surface area (Å²) in [5, 5.41) is 12.6. The van der Waals surface area contributed by atoms with E-state index in [1.807, 2.05) is 0 Å². The zero-order valence-electron chi connectivity index (χ0n) is 18.2. The van der Waals surface area contributed by atoms with Crippen LogP contribution in [0.4, 0.5) is 0 Å². The summed E-state index contributed by atoms with van der Waals surface area (Å²) < 4.78 is 0. The monoisotopic (exact) mass is 742 g/mol. The summed E-state index contributed by atoms with van der Waals surface area (Å²) in [6, 6.07) is 4.97. The quantitative estimate of drug-likeness (QED) is 0.168. The van der Waals surface area contributed by atoms with Crippen LogP contribution < -0.4 is 10.4 Å². The second kappa shape index (κ2) is 23.0. The molecule has 0 bridgehead atoms. The Bertz CT molecular complexity index is 1070. The number of rotatable bonds is 10. The van der Waals surface area contributed by atoms with Gasteiger partial charge < -0.3 is 0 Å². The smallest absolute Gasteiger partial charge is 0.0514 e. The molecule has 0 spiro atoms. The van der Waals surface area contributed by atoms with E-state index in [-0.39, 0.29) is 92.4 Å². The maximum atomic E-state index is 3.43. The SMILES string of the molecule is C.C.C.C.C.C.CCCCCCc1cc2c3c(c(CCCCCC)cc2c2c1=CC#S2)=CC#S3.[Sn].[Sn]. The van der Waals surface area contributed by atoms with E-state index in [1.165, 1.54) is 106 Å². The van der Waals surface area contributed by atoms with Gasteiger partial charge in [-0.3, -0.25) is 0 Å². The molecule has 4 heteroatoms. The molecular weight excluding hydrogens is 686 g/mol. The van der Waals surface area contributed by atoms with Crippen LogP contribution in [0.15, 0.2) is 21.9 Å². The van der Waals surface area contributed by atoms with Gasteiger partial charge in [0.1, 0.15) is 0 Å². The van der Waals surface area contributed by atoms with Gasteiger partial charge in [0, 0.05) is 69.0 Å². The maximum absolute atomic E-state index is 3.43. The van der Waals surface area contributed by atoms with Gasteiger partial charge >= 0.3 is 0 Å². The molecule has 36 heavy (non-hydrogen) atoms. The topological polar surface area (TPSA) is 0 Å². The first-order valence-electron chi connectivity index (χ1n) is 11.0. The minimum absolute atomic E-state index is 0. The van der Waals surface area contributed by atoms with Crippen LogP contribution in [-0.2, 0) is 12.8 Å². The van der Waals surface area contributed by atoms with Crippen molar-refractivity contribution >= 4 is 93.1 Å². The van der Waals surface area contributed by atoms with Gasteiger partial charge in [0.2, 0.25) is 0 Å². The van der Waals surface area contributed by atoms with Crippen molar-refractivity contribution in [1.82, 2.24) is 0 Å². The van der Waals surface area contributed by atoms with E-state index < -0.39 is 0 Å². The minimum Gasteiger partial charge on any atom is -0.0917 e. The van der Waals surface area contributed by atoms with Crippen molar-refractivity contribution in [3.8, 4) is 10.4 Å². The number of fused-ring (bicyclic) bond motifs is 5. The number of unbranched alkanes of at least 4 members (excludes halogenated alkanes) is 6. The van der Waals surface area contributed by atoms with E-state index >= 15 is 0 Å². The summed E-state index contributed by atoms with van der Waals surface area (Å²) in [5.74, 6) is 0. The van der Waals surface area contributed by atoms with Gasteiger partial charge in [0.25, 0.3) is 0 Å². The van der Waals surface area contributed by atoms with Crippen LogP contribution in [0.2, 0.25) is 0 Å². The van der Waals surface area contributed by atoms with Crippen molar-refractivity contribution in [3.63, 3.8) is 0 Å². The van der Waals surface area contributed by atoms with Crippen molar-refractivity contribution < 1.29 is 0 Å². The Morgan fingerprint density at radius 1 is 0.556 bits per heavy atom. The summed E-state index contributed by atoms with van der Waals surface area (Å²) in [6.07, 6.45) is 17.4. The van der Waals surface area contributed by atoms with Crippen LogP contribution in [0.25, 0.3) is 22.9 Å². The number of benzene rings is 2. The molecular formula is C32H54S2Sn2. The molecule has 8 radical (unpaired) electrons. The van der Waals surface area contributed by atoms with Crippen molar-refractivity contribution in [2.75, 3.05) is 0 Å². The van der Waals surface area contributed by atoms with Gasteiger partial charge in [0.05, 0.1) is 9.79 Å². The first kappa shape index (κ1) is 45.9. The van der Waals surface area contributed by atoms with Crippen LogP contribution in [0.5, 0.6) is 0 Å². The first-order valence-corrected chi connectivity index (χ1v) is 12.6. The van der Waals surface area contributed by atoms with Crippen LogP contribution >= 0.6 is 22.3 Å². The summed E-state index contributed by atoms with van der Waals surface area (Å²) in [6.45, 7) is 4.57. The molecule has 2 aromatic rings. The Labute approximate surface area is 267 Å². The van der Waals surface area contributed by atoms with E-state index in [4.69, 9.17) is 0 Å². The van der Waals surface area contributed by atoms with Gasteiger partial charge in [-0.1, -0.05) is 130 Å². The van der Waals surface area contributed by atoms with Crippen LogP contribution in [-0.4, -0.2) is 47.8 Å². The van der Waals surface area contributed by atoms with E-state index in [1.54, 1.807) is 22.3 Å². The number of aryl methyl sites for hydroxylation is 2. The van der Waals surface area contributed by atoms with Gasteiger partial charge in [-0.15, -0.1) is 0 Å². The van der Waals surface area contributed by atoms with Gasteiger partial charge in [-0.2, -0.15) is 0 Å². The minimum atomic E-state index is 0. The first-order chi connectivity index (χ1) is 13.8. The van der Waals surface area contributed by atoms with Crippen molar-refractivity contribution in [2.45, 2.75) is 132 Å². The molecule has 0 saturated heterocycles. The van der Waals surface area contributed by atoms with E-state index in [0.717, 1.165) is 0 Å². The van der Waals surface area contributed by atoms with Crippen LogP contribution in [0, 0.1) is 10.4 Å². The predicted octanol–water partition coefficient (Wildman–Crippen LogP) is 9.83. The van der Waals surface area contributed by atoms with Crippen molar-refractivity contribution in [1.29, 1.82) is 0 Å². The van der Waals surface area contributed by atoms with Gasteiger partial charge in [-0.05, 0) is 61.1 Å². The molecule has 0 amide bonds. The van der Waals surface area contributed by atoms with E-state index in [9.17, 15) is 0 Å². The fourth-order valence-corrected chi connectivity index (χ4v) is 6.09. The molecule has 2 aliphatic rings. The van der Waals surface area contributed by atoms with Crippen molar-refractivity contribution in [2.24, 2.45) is 0 Å². The normalized spacial score (nSPS) is 10.2. The standard InChI is InChI=1S/C26H30S2.6CH4.2Sn/c1-3-5-7-9-11-19-17-23-24(25-21(19)13-15-27-25)18-20(12-10-8-6-4-2)22-14-16-28-26(22)23;;;;;;;;/h13-14,17-18H,3-12H2,1-2H3;6*1H4;;. The molecule has 0 unspecified atom stereocenters. The summed E-state index contributed by atoms with van der Waals surface area (Å²) in [5.41, 5.74) is 3.03. The maximum Gasteiger partial charge on any atom is 0.0514 e. The second-order valence-electron chi connectivity index (χ2n) is 8.00. The molecule has 2 aliphatic heterocycles. The molecule has 2 heterocycles. The zero-order chi connectivity index (χ0) is 19.3. The molecule has 202 valence electrons. The molecule has 0 atom stereocenters. The third-order valence-corrected chi connectivity index (χ3v) is 7.68. The largest absolute Gasteiger partial charge is 0.0917 e. The summed E-state index contributed by atoms with van der Waals surface area (Å²) >= 11 is 3.59. The number of hydrogen-bond donors (Lipinski definition) is 0. The Hall–Kier alpha value is 0.0374. The third kappa shape index (κ3) is 10.3. The summed E-state index contributed by atoms with van der Waals surface area (Å²) in [4.78, 5) is 2.88. The third-order valence-electron chi connectivity index (χ3n) is 5.93. The van der Waals surface area contributed by atoms with Crippen molar-refractivity contribution in [3.05, 3.63) is 33.7 Å². The molecule has 4 rings (SSSR count). The molecule has 0 fully saturated rings. The fourth-order valence-electron chi connectivity index (χ4n) is 4.35. The van der Waals surface area contributed by atoms with E-state index in [0.29, 0.717) is 0 Å². The van der Waals surface area contributed by atoms with Crippen LogP contribution in [0.1, 0.15) is 121 Å². The Morgan fingerprint density at radius 2 is 0.917 bits per heavy atom. The average molecular weight is 740 g/mol. The molecule has 2 aromatic carbocycles.